The van der Waals surface area contributed by atoms with E-state index in [1.165, 1.54) is 0 Å². The van der Waals surface area contributed by atoms with E-state index in [0.29, 0.717) is 11.3 Å². The molecular weight excluding hydrogens is 282 g/mol. The summed E-state index contributed by atoms with van der Waals surface area (Å²) in [6, 6.07) is 15.0. The molecule has 110 valence electrons. The summed E-state index contributed by atoms with van der Waals surface area (Å²) >= 11 is 0. The van der Waals surface area contributed by atoms with Crippen LogP contribution < -0.4 is 15.8 Å². The summed E-state index contributed by atoms with van der Waals surface area (Å²) in [5.41, 5.74) is 6.23. The maximum absolute atomic E-state index is 12.3. The standard InChI is InChI=1S/C16H13N3O3/c17-9-11-4-3-5-12(8-11)19-16(21)13-6-1-2-7-14(13)22-10-15(18)20/h1-8H,10H2,(H2,18,20)(H,19,21). The van der Waals surface area contributed by atoms with Gasteiger partial charge in [0.1, 0.15) is 5.75 Å². The van der Waals surface area contributed by atoms with E-state index < -0.39 is 11.8 Å². The summed E-state index contributed by atoms with van der Waals surface area (Å²) in [5.74, 6) is -0.776. The quantitative estimate of drug-likeness (QED) is 0.875. The molecule has 2 aromatic rings. The molecule has 0 aromatic heterocycles. The second-order valence-electron chi connectivity index (χ2n) is 4.40. The van der Waals surface area contributed by atoms with Gasteiger partial charge in [-0.25, -0.2) is 0 Å². The Bertz CT molecular complexity index is 750. The van der Waals surface area contributed by atoms with Gasteiger partial charge in [-0.3, -0.25) is 9.59 Å². The summed E-state index contributed by atoms with van der Waals surface area (Å²) < 4.78 is 5.21. The van der Waals surface area contributed by atoms with Gasteiger partial charge in [0.15, 0.2) is 6.61 Å². The third kappa shape index (κ3) is 3.84. The van der Waals surface area contributed by atoms with Gasteiger partial charge in [0, 0.05) is 5.69 Å². The molecule has 0 bridgehead atoms. The third-order valence-corrected chi connectivity index (χ3v) is 2.75. The van der Waals surface area contributed by atoms with Gasteiger partial charge in [-0.05, 0) is 30.3 Å². The number of primary amides is 1. The molecule has 2 rings (SSSR count). The Kier molecular flexibility index (Phi) is 4.73. The molecule has 22 heavy (non-hydrogen) atoms. The molecule has 2 aromatic carbocycles. The Morgan fingerprint density at radius 1 is 1.18 bits per heavy atom. The molecule has 0 aliphatic rings. The van der Waals surface area contributed by atoms with Crippen LogP contribution in [-0.4, -0.2) is 18.4 Å². The molecule has 3 N–H and O–H groups in total. The molecule has 0 heterocycles. The number of anilines is 1. The van der Waals surface area contributed by atoms with Crippen molar-refractivity contribution in [2.45, 2.75) is 0 Å². The number of benzene rings is 2. The molecule has 0 aliphatic carbocycles. The lowest BCUT2D eigenvalue weighted by Crippen LogP contribution is -2.21. The molecule has 0 fully saturated rings. The van der Waals surface area contributed by atoms with E-state index in [2.05, 4.69) is 5.32 Å². The Balaban J connectivity index is 2.18. The first-order valence-electron chi connectivity index (χ1n) is 6.42. The number of hydrogen-bond acceptors (Lipinski definition) is 4. The van der Waals surface area contributed by atoms with Gasteiger partial charge in [0.2, 0.25) is 0 Å². The van der Waals surface area contributed by atoms with Crippen molar-refractivity contribution in [1.29, 1.82) is 5.26 Å². The van der Waals surface area contributed by atoms with Crippen LogP contribution in [0.3, 0.4) is 0 Å². The predicted octanol–water partition coefficient (Wildman–Crippen LogP) is 1.67. The van der Waals surface area contributed by atoms with Gasteiger partial charge in [-0.1, -0.05) is 18.2 Å². The van der Waals surface area contributed by atoms with E-state index in [9.17, 15) is 9.59 Å². The van der Waals surface area contributed by atoms with Crippen LogP contribution in [-0.2, 0) is 4.79 Å². The fourth-order valence-electron chi connectivity index (χ4n) is 1.79. The number of nitrogens with one attached hydrogen (secondary N) is 1. The number of nitrogens with zero attached hydrogens (tertiary/aromatic N) is 1. The summed E-state index contributed by atoms with van der Waals surface area (Å²) in [5, 5.41) is 11.5. The lowest BCUT2D eigenvalue weighted by atomic mass is 10.1. The molecule has 0 aliphatic heterocycles. The van der Waals surface area contributed by atoms with Gasteiger partial charge in [0.25, 0.3) is 11.8 Å². The summed E-state index contributed by atoms with van der Waals surface area (Å²) in [6.45, 7) is -0.311. The van der Waals surface area contributed by atoms with Crippen LogP contribution in [0.5, 0.6) is 5.75 Å². The Hall–Kier alpha value is -3.33. The second-order valence-corrected chi connectivity index (χ2v) is 4.40. The highest BCUT2D eigenvalue weighted by atomic mass is 16.5. The minimum Gasteiger partial charge on any atom is -0.483 e. The van der Waals surface area contributed by atoms with E-state index in [1.807, 2.05) is 6.07 Å². The van der Waals surface area contributed by atoms with Crippen LogP contribution in [0.4, 0.5) is 5.69 Å². The number of amides is 2. The van der Waals surface area contributed by atoms with Crippen molar-refractivity contribution in [2.75, 3.05) is 11.9 Å². The van der Waals surface area contributed by atoms with Crippen molar-refractivity contribution in [2.24, 2.45) is 5.73 Å². The SMILES string of the molecule is N#Cc1cccc(NC(=O)c2ccccc2OCC(N)=O)c1. The maximum atomic E-state index is 12.3. The average molecular weight is 295 g/mol. The molecular formula is C16H13N3O3. The van der Waals surface area contributed by atoms with Gasteiger partial charge < -0.3 is 15.8 Å². The molecule has 0 unspecified atom stereocenters. The van der Waals surface area contributed by atoms with Crippen LogP contribution >= 0.6 is 0 Å². The second kappa shape index (κ2) is 6.90. The highest BCUT2D eigenvalue weighted by molar-refractivity contribution is 6.06. The molecule has 6 nitrogen and oxygen atoms in total. The summed E-state index contributed by atoms with van der Waals surface area (Å²) in [7, 11) is 0. The largest absolute Gasteiger partial charge is 0.483 e. The highest BCUT2D eigenvalue weighted by Gasteiger charge is 2.13. The monoisotopic (exact) mass is 295 g/mol. The Labute approximate surface area is 127 Å². The van der Waals surface area contributed by atoms with Gasteiger partial charge >= 0.3 is 0 Å². The number of hydrogen-bond donors (Lipinski definition) is 2. The van der Waals surface area contributed by atoms with Crippen molar-refractivity contribution in [3.05, 3.63) is 59.7 Å². The summed E-state index contributed by atoms with van der Waals surface area (Å²) in [6.07, 6.45) is 0. The number of rotatable bonds is 5. The molecule has 2 amide bonds. The topological polar surface area (TPSA) is 105 Å². The predicted molar refractivity (Wildman–Crippen MR) is 80.2 cm³/mol. The van der Waals surface area contributed by atoms with Crippen molar-refractivity contribution < 1.29 is 14.3 Å². The fraction of sp³-hybridized carbons (Fsp3) is 0.0625. The lowest BCUT2D eigenvalue weighted by Gasteiger charge is -2.10. The molecule has 0 atom stereocenters. The number of para-hydroxylation sites is 1. The number of carbonyl (C=O) groups is 2. The first-order chi connectivity index (χ1) is 10.6. The third-order valence-electron chi connectivity index (χ3n) is 2.75. The first kappa shape index (κ1) is 15.1. The van der Waals surface area contributed by atoms with Crippen LogP contribution in [0.15, 0.2) is 48.5 Å². The first-order valence-corrected chi connectivity index (χ1v) is 6.42. The number of nitriles is 1. The number of carbonyl (C=O) groups excluding carboxylic acids is 2. The van der Waals surface area contributed by atoms with Crippen LogP contribution in [0.25, 0.3) is 0 Å². The zero-order valence-electron chi connectivity index (χ0n) is 11.6. The zero-order valence-corrected chi connectivity index (χ0v) is 11.6. The van der Waals surface area contributed by atoms with Crippen molar-refractivity contribution in [3.63, 3.8) is 0 Å². The van der Waals surface area contributed by atoms with E-state index >= 15 is 0 Å². The average Bonchev–Trinajstić information content (AvgIpc) is 2.53. The van der Waals surface area contributed by atoms with E-state index in [-0.39, 0.29) is 17.9 Å². The zero-order chi connectivity index (χ0) is 15.9. The van der Waals surface area contributed by atoms with Crippen LogP contribution in [0.1, 0.15) is 15.9 Å². The highest BCUT2D eigenvalue weighted by Crippen LogP contribution is 2.20. The molecule has 0 radical (unpaired) electrons. The minimum absolute atomic E-state index is 0.259. The van der Waals surface area contributed by atoms with Crippen molar-refractivity contribution in [3.8, 4) is 11.8 Å². The maximum Gasteiger partial charge on any atom is 0.259 e. The van der Waals surface area contributed by atoms with E-state index in [4.69, 9.17) is 15.7 Å². The Morgan fingerprint density at radius 3 is 2.68 bits per heavy atom. The molecule has 6 heteroatoms. The Morgan fingerprint density at radius 2 is 1.95 bits per heavy atom. The van der Waals surface area contributed by atoms with Gasteiger partial charge in [-0.2, -0.15) is 5.26 Å². The summed E-state index contributed by atoms with van der Waals surface area (Å²) in [4.78, 5) is 23.1. The van der Waals surface area contributed by atoms with Gasteiger partial charge in [0.05, 0.1) is 17.2 Å². The molecule has 0 saturated heterocycles. The molecule has 0 spiro atoms. The van der Waals surface area contributed by atoms with Gasteiger partial charge in [-0.15, -0.1) is 0 Å². The van der Waals surface area contributed by atoms with Crippen LogP contribution in [0, 0.1) is 11.3 Å². The minimum atomic E-state index is -0.628. The normalized spacial score (nSPS) is 9.59. The fourth-order valence-corrected chi connectivity index (χ4v) is 1.79. The van der Waals surface area contributed by atoms with Crippen LogP contribution in [0.2, 0.25) is 0 Å². The smallest absolute Gasteiger partial charge is 0.259 e. The lowest BCUT2D eigenvalue weighted by molar-refractivity contribution is -0.119. The van der Waals surface area contributed by atoms with E-state index in [1.54, 1.807) is 48.5 Å². The number of nitrogens with two attached hydrogens (primary N) is 1. The molecule has 0 saturated carbocycles. The van der Waals surface area contributed by atoms with E-state index in [0.717, 1.165) is 0 Å². The van der Waals surface area contributed by atoms with Crippen molar-refractivity contribution in [1.82, 2.24) is 0 Å². The van der Waals surface area contributed by atoms with Crippen molar-refractivity contribution >= 4 is 17.5 Å². The number of ether oxygens (including phenoxy) is 1.